The van der Waals surface area contributed by atoms with Gasteiger partial charge in [-0.15, -0.1) is 0 Å². The molecular weight excluding hydrogens is 208 g/mol. The van der Waals surface area contributed by atoms with E-state index in [1.807, 2.05) is 6.92 Å². The van der Waals surface area contributed by atoms with Gasteiger partial charge in [0, 0.05) is 12.2 Å². The molecule has 0 aliphatic heterocycles. The Morgan fingerprint density at radius 3 is 3.00 bits per heavy atom. The van der Waals surface area contributed by atoms with Crippen molar-refractivity contribution >= 4 is 0 Å². The van der Waals surface area contributed by atoms with E-state index in [9.17, 15) is 5.11 Å². The molecule has 0 fully saturated rings. The molecule has 0 amide bonds. The number of hydrogen-bond donors (Lipinski definition) is 2. The molecule has 2 rings (SSSR count). The van der Waals surface area contributed by atoms with Crippen molar-refractivity contribution in [1.82, 2.24) is 20.4 Å². The first-order chi connectivity index (χ1) is 7.75. The van der Waals surface area contributed by atoms with Gasteiger partial charge in [0.1, 0.15) is 5.75 Å². The third-order valence-corrected chi connectivity index (χ3v) is 2.07. The summed E-state index contributed by atoms with van der Waals surface area (Å²) in [5.41, 5.74) is 1.48. The van der Waals surface area contributed by atoms with Gasteiger partial charge in [0.2, 0.25) is 6.39 Å². The van der Waals surface area contributed by atoms with Crippen molar-refractivity contribution in [3.8, 4) is 5.75 Å². The summed E-state index contributed by atoms with van der Waals surface area (Å²) in [4.78, 5) is 8.08. The molecule has 0 bridgehead atoms. The van der Waals surface area contributed by atoms with Gasteiger partial charge in [0.25, 0.3) is 0 Å². The molecule has 2 N–H and O–H groups in total. The molecule has 16 heavy (non-hydrogen) atoms. The van der Waals surface area contributed by atoms with E-state index in [1.165, 1.54) is 6.39 Å². The maximum absolute atomic E-state index is 9.54. The fourth-order valence-corrected chi connectivity index (χ4v) is 1.30. The molecule has 2 aromatic rings. The lowest BCUT2D eigenvalue weighted by Crippen LogP contribution is -2.15. The van der Waals surface area contributed by atoms with Gasteiger partial charge in [-0.3, -0.25) is 4.98 Å². The Kier molecular flexibility index (Phi) is 3.11. The van der Waals surface area contributed by atoms with E-state index in [0.29, 0.717) is 24.6 Å². The maximum Gasteiger partial charge on any atom is 0.213 e. The summed E-state index contributed by atoms with van der Waals surface area (Å²) >= 11 is 0. The van der Waals surface area contributed by atoms with Gasteiger partial charge < -0.3 is 14.9 Å². The predicted molar refractivity (Wildman–Crippen MR) is 55.5 cm³/mol. The molecule has 0 spiro atoms. The average molecular weight is 220 g/mol. The molecule has 84 valence electrons. The minimum absolute atomic E-state index is 0.186. The Hall–Kier alpha value is -1.95. The molecule has 0 aliphatic carbocycles. The van der Waals surface area contributed by atoms with E-state index in [4.69, 9.17) is 0 Å². The number of pyridine rings is 1. The topological polar surface area (TPSA) is 84.1 Å². The van der Waals surface area contributed by atoms with Crippen molar-refractivity contribution in [3.63, 3.8) is 0 Å². The van der Waals surface area contributed by atoms with Gasteiger partial charge in [0.15, 0.2) is 5.82 Å². The Morgan fingerprint density at radius 1 is 1.38 bits per heavy atom. The summed E-state index contributed by atoms with van der Waals surface area (Å²) in [7, 11) is 0. The van der Waals surface area contributed by atoms with Crippen molar-refractivity contribution in [2.75, 3.05) is 0 Å². The molecule has 0 saturated heterocycles. The van der Waals surface area contributed by atoms with Gasteiger partial charge in [-0.1, -0.05) is 5.16 Å². The highest BCUT2D eigenvalue weighted by Gasteiger charge is 2.03. The first-order valence-corrected chi connectivity index (χ1v) is 4.87. The van der Waals surface area contributed by atoms with Gasteiger partial charge in [-0.2, -0.15) is 4.98 Å². The highest BCUT2D eigenvalue weighted by molar-refractivity contribution is 5.27. The molecule has 0 aliphatic rings. The number of nitrogens with one attached hydrogen (secondary N) is 1. The zero-order valence-electron chi connectivity index (χ0n) is 8.84. The second-order valence-corrected chi connectivity index (χ2v) is 3.37. The van der Waals surface area contributed by atoms with Crippen LogP contribution >= 0.6 is 0 Å². The molecule has 2 aromatic heterocycles. The van der Waals surface area contributed by atoms with E-state index in [1.54, 1.807) is 12.1 Å². The van der Waals surface area contributed by atoms with Crippen molar-refractivity contribution in [2.24, 2.45) is 0 Å². The summed E-state index contributed by atoms with van der Waals surface area (Å²) in [6.45, 7) is 2.82. The standard InChI is InChI=1S/C10H12N4O2/c1-7-2-3-9(15)8(13-7)4-11-5-10-12-6-16-14-10/h2-3,6,11,15H,4-5H2,1H3. The van der Waals surface area contributed by atoms with E-state index in [2.05, 4.69) is 25.0 Å². The third kappa shape index (κ3) is 2.54. The van der Waals surface area contributed by atoms with Crippen LogP contribution in [0.2, 0.25) is 0 Å². The lowest BCUT2D eigenvalue weighted by molar-refractivity contribution is 0.406. The van der Waals surface area contributed by atoms with Crippen LogP contribution in [0.5, 0.6) is 5.75 Å². The highest BCUT2D eigenvalue weighted by Crippen LogP contribution is 2.14. The molecule has 2 heterocycles. The van der Waals surface area contributed by atoms with Crippen LogP contribution in [0, 0.1) is 6.92 Å². The number of aryl methyl sites for hydroxylation is 1. The zero-order valence-corrected chi connectivity index (χ0v) is 8.84. The van der Waals surface area contributed by atoms with Crippen molar-refractivity contribution in [1.29, 1.82) is 0 Å². The SMILES string of the molecule is Cc1ccc(O)c(CNCc2ncon2)n1. The van der Waals surface area contributed by atoms with Crippen molar-refractivity contribution < 1.29 is 9.63 Å². The Labute approximate surface area is 92.3 Å². The van der Waals surface area contributed by atoms with Gasteiger partial charge in [-0.05, 0) is 19.1 Å². The number of aromatic hydroxyl groups is 1. The van der Waals surface area contributed by atoms with Crippen molar-refractivity contribution in [2.45, 2.75) is 20.0 Å². The summed E-state index contributed by atoms with van der Waals surface area (Å²) in [5.74, 6) is 0.762. The normalized spacial score (nSPS) is 10.6. The fourth-order valence-electron chi connectivity index (χ4n) is 1.30. The molecular formula is C10H12N4O2. The first-order valence-electron chi connectivity index (χ1n) is 4.87. The summed E-state index contributed by atoms with van der Waals surface area (Å²) in [6, 6.07) is 3.39. The van der Waals surface area contributed by atoms with Crippen LogP contribution in [0.4, 0.5) is 0 Å². The quantitative estimate of drug-likeness (QED) is 0.791. The smallest absolute Gasteiger partial charge is 0.213 e. The van der Waals surface area contributed by atoms with Crippen LogP contribution < -0.4 is 5.32 Å². The monoisotopic (exact) mass is 220 g/mol. The summed E-state index contributed by atoms with van der Waals surface area (Å²) in [5, 5.41) is 16.3. The minimum atomic E-state index is 0.186. The fraction of sp³-hybridized carbons (Fsp3) is 0.300. The average Bonchev–Trinajstić information content (AvgIpc) is 2.76. The number of hydrogen-bond acceptors (Lipinski definition) is 6. The van der Waals surface area contributed by atoms with Crippen LogP contribution in [0.15, 0.2) is 23.0 Å². The van der Waals surface area contributed by atoms with Crippen LogP contribution in [-0.2, 0) is 13.1 Å². The third-order valence-electron chi connectivity index (χ3n) is 2.07. The number of nitrogens with zero attached hydrogens (tertiary/aromatic N) is 3. The van der Waals surface area contributed by atoms with E-state index < -0.39 is 0 Å². The van der Waals surface area contributed by atoms with Crippen LogP contribution in [0.1, 0.15) is 17.2 Å². The van der Waals surface area contributed by atoms with Gasteiger partial charge in [-0.25, -0.2) is 0 Å². The Bertz CT molecular complexity index is 456. The second kappa shape index (κ2) is 4.71. The Balaban J connectivity index is 1.92. The maximum atomic E-state index is 9.54. The summed E-state index contributed by atoms with van der Waals surface area (Å²) < 4.78 is 4.59. The first kappa shape index (κ1) is 10.6. The molecule has 0 aromatic carbocycles. The van der Waals surface area contributed by atoms with E-state index >= 15 is 0 Å². The molecule has 6 nitrogen and oxygen atoms in total. The van der Waals surface area contributed by atoms with Crippen LogP contribution in [-0.4, -0.2) is 20.2 Å². The predicted octanol–water partition coefficient (Wildman–Crippen LogP) is 0.768. The lowest BCUT2D eigenvalue weighted by atomic mass is 10.3. The Morgan fingerprint density at radius 2 is 2.25 bits per heavy atom. The van der Waals surface area contributed by atoms with E-state index in [-0.39, 0.29) is 5.75 Å². The number of rotatable bonds is 4. The van der Waals surface area contributed by atoms with Crippen molar-refractivity contribution in [3.05, 3.63) is 35.7 Å². The van der Waals surface area contributed by atoms with Crippen LogP contribution in [0.3, 0.4) is 0 Å². The second-order valence-electron chi connectivity index (χ2n) is 3.37. The lowest BCUT2D eigenvalue weighted by Gasteiger charge is -2.05. The molecule has 0 saturated carbocycles. The van der Waals surface area contributed by atoms with Crippen LogP contribution in [0.25, 0.3) is 0 Å². The van der Waals surface area contributed by atoms with Gasteiger partial charge in [0.05, 0.1) is 12.2 Å². The minimum Gasteiger partial charge on any atom is -0.506 e. The molecule has 0 unspecified atom stereocenters. The molecule has 6 heteroatoms. The number of aromatic nitrogens is 3. The van der Waals surface area contributed by atoms with E-state index in [0.717, 1.165) is 5.69 Å². The zero-order chi connectivity index (χ0) is 11.4. The largest absolute Gasteiger partial charge is 0.506 e. The molecule has 0 radical (unpaired) electrons. The highest BCUT2D eigenvalue weighted by atomic mass is 16.5. The molecule has 0 atom stereocenters. The van der Waals surface area contributed by atoms with Gasteiger partial charge >= 0.3 is 0 Å². The summed E-state index contributed by atoms with van der Waals surface area (Å²) in [6.07, 6.45) is 1.28.